The van der Waals surface area contributed by atoms with E-state index in [1.807, 2.05) is 0 Å². The molecule has 0 saturated carbocycles. The van der Waals surface area contributed by atoms with Gasteiger partial charge in [0.2, 0.25) is 0 Å². The summed E-state index contributed by atoms with van der Waals surface area (Å²) in [5.74, 6) is -3.37. The van der Waals surface area contributed by atoms with Gasteiger partial charge in [-0.2, -0.15) is 0 Å². The average Bonchev–Trinajstić information content (AvgIpc) is 1.79. The van der Waals surface area contributed by atoms with Crippen LogP contribution in [0.5, 0.6) is 0 Å². The fourth-order valence-corrected chi connectivity index (χ4v) is 0.407. The number of rotatable bonds is 4. The van der Waals surface area contributed by atoms with Gasteiger partial charge in [0.05, 0.1) is 0 Å². The van der Waals surface area contributed by atoms with Crippen molar-refractivity contribution in [2.24, 2.45) is 0 Å². The third-order valence-corrected chi connectivity index (χ3v) is 0.787. The molecule has 0 unspecified atom stereocenters. The Morgan fingerprint density at radius 1 is 0.765 bits per heavy atom. The van der Waals surface area contributed by atoms with E-state index in [4.69, 9.17) is 0 Å². The van der Waals surface area contributed by atoms with E-state index in [0.717, 1.165) is 0 Å². The number of hydrogen-bond donors (Lipinski definition) is 0. The van der Waals surface area contributed by atoms with Crippen LogP contribution in [-0.4, -0.2) is 34.5 Å². The first-order valence-corrected chi connectivity index (χ1v) is 3.64. The van der Waals surface area contributed by atoms with Crippen LogP contribution in [0.3, 0.4) is 0 Å². The summed E-state index contributed by atoms with van der Waals surface area (Å²) in [6.07, 6.45) is -0.944. The third kappa shape index (κ3) is 52.7. The summed E-state index contributed by atoms with van der Waals surface area (Å²) in [7, 11) is 0. The van der Waals surface area contributed by atoms with E-state index >= 15 is 0 Å². The molecule has 0 aromatic carbocycles. The molecule has 4 N–H and O–H groups in total. The number of carboxylic acid groups (broad SMARTS) is 2. The first kappa shape index (κ1) is 29.6. The van der Waals surface area contributed by atoms with Gasteiger partial charge < -0.3 is 30.8 Å². The third-order valence-electron chi connectivity index (χ3n) is 0.787. The van der Waals surface area contributed by atoms with E-state index < -0.39 is 24.8 Å². The zero-order valence-electron chi connectivity index (χ0n) is 9.17. The Bertz CT molecular complexity index is 200. The van der Waals surface area contributed by atoms with E-state index in [2.05, 4.69) is 0 Å². The van der Waals surface area contributed by atoms with Gasteiger partial charge in [-0.3, -0.25) is 9.59 Å². The van der Waals surface area contributed by atoms with E-state index in [-0.39, 0.29) is 39.6 Å². The molecule has 8 nitrogen and oxygen atoms in total. The van der Waals surface area contributed by atoms with Crippen molar-refractivity contribution in [3.63, 3.8) is 0 Å². The molecule has 0 aliphatic carbocycles. The summed E-state index contributed by atoms with van der Waals surface area (Å²) in [6, 6.07) is 0. The smallest absolute Gasteiger partial charge is 0.550 e. The number of carbonyl (C=O) groups excluding carboxylic acids is 4. The van der Waals surface area contributed by atoms with Crippen LogP contribution in [0, 0.1) is 0 Å². The minimum Gasteiger partial charge on any atom is -0.550 e. The Labute approximate surface area is 108 Å². The summed E-state index contributed by atoms with van der Waals surface area (Å²) >= 11 is 0. The van der Waals surface area contributed by atoms with Gasteiger partial charge in [-0.25, -0.2) is 0 Å². The van der Waals surface area contributed by atoms with Gasteiger partial charge >= 0.3 is 17.1 Å². The number of carboxylic acids is 2. The molecule has 0 aliphatic heterocycles. The Morgan fingerprint density at radius 3 is 0.941 bits per heavy atom. The molecule has 0 spiro atoms. The van der Waals surface area contributed by atoms with Gasteiger partial charge in [0.1, 0.15) is 11.6 Å². The number of aliphatic carboxylic acids is 2. The molecule has 105 valence electrons. The quantitative estimate of drug-likeness (QED) is 0.375. The predicted molar refractivity (Wildman–Crippen MR) is 47.8 cm³/mol. The van der Waals surface area contributed by atoms with Crippen molar-refractivity contribution in [1.82, 2.24) is 0 Å². The van der Waals surface area contributed by atoms with Crippen molar-refractivity contribution in [2.75, 3.05) is 0 Å². The maximum absolute atomic E-state index is 9.83. The van der Waals surface area contributed by atoms with Crippen LogP contribution in [-0.2, 0) is 36.2 Å². The van der Waals surface area contributed by atoms with Gasteiger partial charge in [0.25, 0.3) is 0 Å². The largest absolute Gasteiger partial charge is 2.00 e. The van der Waals surface area contributed by atoms with Crippen LogP contribution in [0.1, 0.15) is 26.7 Å². The second-order valence-electron chi connectivity index (χ2n) is 2.50. The summed E-state index contributed by atoms with van der Waals surface area (Å²) in [5, 5.41) is 19.0. The van der Waals surface area contributed by atoms with Crippen LogP contribution in [0.25, 0.3) is 0 Å². The second-order valence-corrected chi connectivity index (χ2v) is 2.50. The van der Waals surface area contributed by atoms with Crippen molar-refractivity contribution in [2.45, 2.75) is 26.7 Å². The van der Waals surface area contributed by atoms with Crippen molar-refractivity contribution < 1.29 is 57.4 Å². The number of ketones is 2. The average molecular weight is 302 g/mol. The van der Waals surface area contributed by atoms with Crippen molar-refractivity contribution in [3.8, 4) is 0 Å². The monoisotopic (exact) mass is 301 g/mol. The standard InChI is InChI=1S/2C4H6O3.Cu.2H2O/c2*1-3(5)2-4(6)7;;;/h2*2H2,1H3,(H,6,7);;2*1H2/q;;+2;;/p-2. The van der Waals surface area contributed by atoms with E-state index in [1.54, 1.807) is 0 Å². The molecular formula is C8H14CuO8. The molecular weight excluding hydrogens is 288 g/mol. The first-order chi connectivity index (χ1) is 6.25. The predicted octanol–water partition coefficient (Wildman–Crippen LogP) is -4.22. The molecule has 17 heavy (non-hydrogen) atoms. The molecule has 1 radical (unpaired) electrons. The van der Waals surface area contributed by atoms with Crippen LogP contribution >= 0.6 is 0 Å². The molecule has 0 amide bonds. The van der Waals surface area contributed by atoms with Crippen molar-refractivity contribution in [3.05, 3.63) is 0 Å². The van der Waals surface area contributed by atoms with Crippen molar-refractivity contribution >= 4 is 23.5 Å². The number of carbonyl (C=O) groups is 4. The van der Waals surface area contributed by atoms with E-state index in [0.29, 0.717) is 0 Å². The number of hydrogen-bond acceptors (Lipinski definition) is 6. The van der Waals surface area contributed by atoms with Crippen LogP contribution < -0.4 is 10.2 Å². The Balaban J connectivity index is -0.0000000480. The number of Topliss-reactive ketones (excluding diaryl/α,β-unsaturated/α-hetero) is 2. The summed E-state index contributed by atoms with van der Waals surface area (Å²) in [5.41, 5.74) is 0. The Kier molecular flexibility index (Phi) is 29.9. The molecule has 0 heterocycles. The molecule has 0 bridgehead atoms. The summed E-state index contributed by atoms with van der Waals surface area (Å²) in [4.78, 5) is 38.6. The Morgan fingerprint density at radius 2 is 0.941 bits per heavy atom. The van der Waals surface area contributed by atoms with Gasteiger partial charge in [-0.15, -0.1) is 0 Å². The van der Waals surface area contributed by atoms with E-state index in [9.17, 15) is 29.4 Å². The first-order valence-electron chi connectivity index (χ1n) is 3.64. The molecule has 0 aromatic heterocycles. The normalized spacial score (nSPS) is 6.71. The minimum absolute atomic E-state index is 0. The maximum atomic E-state index is 9.83. The summed E-state index contributed by atoms with van der Waals surface area (Å²) < 4.78 is 0. The van der Waals surface area contributed by atoms with Crippen LogP contribution in [0.4, 0.5) is 0 Å². The Hall–Kier alpha value is -1.28. The van der Waals surface area contributed by atoms with Gasteiger partial charge in [0.15, 0.2) is 0 Å². The van der Waals surface area contributed by atoms with Gasteiger partial charge in [0, 0.05) is 24.8 Å². The van der Waals surface area contributed by atoms with E-state index in [1.165, 1.54) is 13.8 Å². The van der Waals surface area contributed by atoms with Crippen LogP contribution in [0.2, 0.25) is 0 Å². The molecule has 9 heteroatoms. The fourth-order valence-electron chi connectivity index (χ4n) is 0.407. The molecule has 0 saturated heterocycles. The van der Waals surface area contributed by atoms with Crippen molar-refractivity contribution in [1.29, 1.82) is 0 Å². The topological polar surface area (TPSA) is 177 Å². The second kappa shape index (κ2) is 17.1. The fraction of sp³-hybridized carbons (Fsp3) is 0.500. The SMILES string of the molecule is CC(=O)CC(=O)[O-].CC(=O)CC(=O)[O-].O.O.[Cu+2]. The molecule has 0 fully saturated rings. The zero-order valence-corrected chi connectivity index (χ0v) is 10.1. The minimum atomic E-state index is -1.31. The van der Waals surface area contributed by atoms with Gasteiger partial charge in [-0.1, -0.05) is 0 Å². The summed E-state index contributed by atoms with van der Waals surface area (Å²) in [6.45, 7) is 2.41. The van der Waals surface area contributed by atoms with Gasteiger partial charge in [-0.05, 0) is 13.8 Å². The molecule has 0 aromatic rings. The zero-order chi connectivity index (χ0) is 11.7. The maximum Gasteiger partial charge on any atom is 2.00 e. The molecule has 0 atom stereocenters. The molecule has 0 rings (SSSR count). The molecule has 0 aliphatic rings. The van der Waals surface area contributed by atoms with Crippen LogP contribution in [0.15, 0.2) is 0 Å².